The number of benzene rings is 2. The summed E-state index contributed by atoms with van der Waals surface area (Å²) in [5.74, 6) is -2.12. The summed E-state index contributed by atoms with van der Waals surface area (Å²) >= 11 is 0. The Hall–Kier alpha value is -4.02. The summed E-state index contributed by atoms with van der Waals surface area (Å²) in [5, 5.41) is 11.8. The van der Waals surface area contributed by atoms with Crippen LogP contribution in [0.1, 0.15) is 85.6 Å². The highest BCUT2D eigenvalue weighted by molar-refractivity contribution is 6.90. The molecule has 5 heterocycles. The van der Waals surface area contributed by atoms with Gasteiger partial charge in [-0.3, -0.25) is 9.88 Å². The molecule has 7 nitrogen and oxygen atoms in total. The van der Waals surface area contributed by atoms with E-state index in [1.807, 2.05) is 0 Å². The summed E-state index contributed by atoms with van der Waals surface area (Å²) in [6, 6.07) is 4.33. The number of pyridine rings is 1. The molecule has 4 aliphatic rings. The Morgan fingerprint density at radius 1 is 1.00 bits per heavy atom. The average molecular weight is 792 g/mol. The van der Waals surface area contributed by atoms with Crippen LogP contribution in [-0.4, -0.2) is 82.9 Å². The molecule has 0 radical (unpaired) electrons. The van der Waals surface area contributed by atoms with E-state index in [-0.39, 0.29) is 75.1 Å². The van der Waals surface area contributed by atoms with Crippen LogP contribution in [0.2, 0.25) is 16.6 Å². The maximum absolute atomic E-state index is 17.4. The minimum atomic E-state index is -2.93. The highest BCUT2D eigenvalue weighted by Crippen LogP contribution is 2.57. The third-order valence-corrected chi connectivity index (χ3v) is 19.7. The standard InChI is InChI=1S/C43H50F5N5O2Si/c1-24(2)56(25(3)4,26(5)6)17-13-30-34(45)12-11-27-18-29(54)19-31(35(27)30)37-36(46)38-32(21-49-37)40(53-16-8-7-10-33-39(53)43(33,47)48)51-41(50-38)55-23-42-14-9-15-52(42)22-28(44)20-42/h11-12,18-19,21,24-26,28,33,39,54H,7-10,14-16,20,22-23H2,1-6H3/t28-,33?,39?,42+/m1/s1. The molecule has 4 aromatic rings. The van der Waals surface area contributed by atoms with Gasteiger partial charge in [-0.05, 0) is 72.4 Å². The molecule has 1 N–H and O–H groups in total. The molecule has 4 fully saturated rings. The molecule has 298 valence electrons. The van der Waals surface area contributed by atoms with Crippen LogP contribution in [-0.2, 0) is 0 Å². The van der Waals surface area contributed by atoms with Crippen LogP contribution in [0.15, 0.2) is 30.5 Å². The summed E-state index contributed by atoms with van der Waals surface area (Å²) in [5.41, 5.74) is 3.63. The quantitative estimate of drug-likeness (QED) is 0.108. The van der Waals surface area contributed by atoms with Crippen LogP contribution in [0.25, 0.3) is 32.9 Å². The number of halogens is 5. The number of hydrogen-bond donors (Lipinski definition) is 1. The highest BCUT2D eigenvalue weighted by atomic mass is 28.3. The Labute approximate surface area is 326 Å². The Morgan fingerprint density at radius 3 is 2.48 bits per heavy atom. The fraction of sp³-hybridized carbons (Fsp3) is 0.558. The maximum Gasteiger partial charge on any atom is 0.319 e. The fourth-order valence-corrected chi connectivity index (χ4v) is 15.9. The second-order valence-corrected chi connectivity index (χ2v) is 23.0. The summed E-state index contributed by atoms with van der Waals surface area (Å²) < 4.78 is 84.7. The van der Waals surface area contributed by atoms with Crippen molar-refractivity contribution in [1.29, 1.82) is 0 Å². The predicted octanol–water partition coefficient (Wildman–Crippen LogP) is 9.98. The molecule has 2 aromatic carbocycles. The highest BCUT2D eigenvalue weighted by Gasteiger charge is 2.71. The van der Waals surface area contributed by atoms with Gasteiger partial charge in [-0.1, -0.05) is 60.0 Å². The zero-order valence-corrected chi connectivity index (χ0v) is 33.9. The number of phenolic OH excluding ortho intramolecular Hbond substituents is 1. The van der Waals surface area contributed by atoms with Crippen molar-refractivity contribution in [2.24, 2.45) is 5.92 Å². The summed E-state index contributed by atoms with van der Waals surface area (Å²) in [4.78, 5) is 17.4. The van der Waals surface area contributed by atoms with Gasteiger partial charge in [-0.2, -0.15) is 9.97 Å². The van der Waals surface area contributed by atoms with Crippen LogP contribution >= 0.6 is 0 Å². The monoisotopic (exact) mass is 791 g/mol. The van der Waals surface area contributed by atoms with Gasteiger partial charge in [0.1, 0.15) is 55.5 Å². The van der Waals surface area contributed by atoms with E-state index in [0.29, 0.717) is 43.0 Å². The van der Waals surface area contributed by atoms with Crippen molar-refractivity contribution in [3.05, 3.63) is 47.7 Å². The Morgan fingerprint density at radius 2 is 1.75 bits per heavy atom. The zero-order chi connectivity index (χ0) is 39.9. The number of alkyl halides is 3. The summed E-state index contributed by atoms with van der Waals surface area (Å²) in [6.45, 7) is 14.4. The molecule has 0 spiro atoms. The SMILES string of the molecule is CC(C)[Si](C#Cc1c(F)ccc2cc(O)cc(-c3ncc4c(N5CCCCC6C5C6(F)F)nc(OC[C@@]56CCCN5C[C@H](F)C6)nc4c3F)c12)(C(C)C)C(C)C. The van der Waals surface area contributed by atoms with E-state index in [1.165, 1.54) is 30.5 Å². The van der Waals surface area contributed by atoms with E-state index in [0.717, 1.165) is 19.4 Å². The Balaban J connectivity index is 1.31. The van der Waals surface area contributed by atoms with Gasteiger partial charge in [-0.15, -0.1) is 5.54 Å². The van der Waals surface area contributed by atoms with E-state index in [9.17, 15) is 9.50 Å². The van der Waals surface area contributed by atoms with Crippen LogP contribution in [0.4, 0.5) is 27.8 Å². The molecule has 3 aliphatic heterocycles. The van der Waals surface area contributed by atoms with E-state index in [1.54, 1.807) is 4.90 Å². The van der Waals surface area contributed by atoms with E-state index >= 15 is 17.6 Å². The molecule has 13 heteroatoms. The number of phenols is 1. The van der Waals surface area contributed by atoms with E-state index < -0.39 is 49.3 Å². The van der Waals surface area contributed by atoms with Gasteiger partial charge in [0, 0.05) is 36.7 Å². The number of ether oxygens (including phenoxy) is 1. The second-order valence-electron chi connectivity index (χ2n) is 17.5. The van der Waals surface area contributed by atoms with Crippen LogP contribution in [0.5, 0.6) is 11.8 Å². The lowest BCUT2D eigenvalue weighted by atomic mass is 9.95. The van der Waals surface area contributed by atoms with Crippen molar-refractivity contribution in [2.75, 3.05) is 31.1 Å². The van der Waals surface area contributed by atoms with Crippen molar-refractivity contribution in [3.63, 3.8) is 0 Å². The minimum Gasteiger partial charge on any atom is -0.508 e. The molecular formula is C43H50F5N5O2Si. The number of aromatic hydroxyl groups is 1. The molecule has 1 aliphatic carbocycles. The predicted molar refractivity (Wildman–Crippen MR) is 212 cm³/mol. The molecule has 1 saturated carbocycles. The van der Waals surface area contributed by atoms with Crippen LogP contribution in [0.3, 0.4) is 0 Å². The number of aromatic nitrogens is 3. The smallest absolute Gasteiger partial charge is 0.319 e. The summed E-state index contributed by atoms with van der Waals surface area (Å²) in [6.07, 6.45) is 3.91. The molecule has 2 unspecified atom stereocenters. The molecule has 3 saturated heterocycles. The van der Waals surface area contributed by atoms with Crippen molar-refractivity contribution < 1.29 is 31.8 Å². The van der Waals surface area contributed by atoms with Gasteiger partial charge in [0.25, 0.3) is 5.92 Å². The molecular weight excluding hydrogens is 742 g/mol. The van der Waals surface area contributed by atoms with Gasteiger partial charge < -0.3 is 14.7 Å². The van der Waals surface area contributed by atoms with Crippen molar-refractivity contribution >= 4 is 35.6 Å². The fourth-order valence-electron chi connectivity index (χ4n) is 10.6. The third-order valence-electron chi connectivity index (χ3n) is 13.4. The van der Waals surface area contributed by atoms with E-state index in [2.05, 4.69) is 72.9 Å². The van der Waals surface area contributed by atoms with Gasteiger partial charge in [-0.25, -0.2) is 22.0 Å². The average Bonchev–Trinajstić information content (AvgIpc) is 3.39. The second kappa shape index (κ2) is 14.1. The van der Waals surface area contributed by atoms with Gasteiger partial charge >= 0.3 is 6.01 Å². The number of fused-ring (bicyclic) bond motifs is 4. The zero-order valence-electron chi connectivity index (χ0n) is 32.9. The lowest BCUT2D eigenvalue weighted by Crippen LogP contribution is -2.43. The first-order valence-corrected chi connectivity index (χ1v) is 22.3. The normalized spacial score (nSPS) is 24.8. The number of rotatable bonds is 8. The van der Waals surface area contributed by atoms with Gasteiger partial charge in [0.15, 0.2) is 5.82 Å². The lowest BCUT2D eigenvalue weighted by molar-refractivity contribution is 0.0887. The molecule has 0 amide bonds. The van der Waals surface area contributed by atoms with Gasteiger partial charge in [0.2, 0.25) is 0 Å². The first kappa shape index (κ1) is 38.8. The first-order chi connectivity index (χ1) is 26.6. The summed E-state index contributed by atoms with van der Waals surface area (Å²) in [7, 11) is -2.33. The molecule has 0 bridgehead atoms. The number of nitrogens with zero attached hydrogens (tertiary/aromatic N) is 5. The van der Waals surface area contributed by atoms with Crippen LogP contribution in [0, 0.1) is 29.0 Å². The van der Waals surface area contributed by atoms with Crippen molar-refractivity contribution in [1.82, 2.24) is 19.9 Å². The molecule has 56 heavy (non-hydrogen) atoms. The molecule has 4 atom stereocenters. The number of hydrogen-bond acceptors (Lipinski definition) is 7. The van der Waals surface area contributed by atoms with Crippen LogP contribution < -0.4 is 9.64 Å². The van der Waals surface area contributed by atoms with E-state index in [4.69, 9.17) is 4.74 Å². The van der Waals surface area contributed by atoms with Crippen molar-refractivity contribution in [2.45, 2.75) is 120 Å². The molecule has 8 rings (SSSR count). The molecule has 2 aromatic heterocycles. The Bertz CT molecular complexity index is 2240. The van der Waals surface area contributed by atoms with Gasteiger partial charge in [0.05, 0.1) is 22.4 Å². The first-order valence-electron chi connectivity index (χ1n) is 20.1. The topological polar surface area (TPSA) is 74.6 Å². The lowest BCUT2D eigenvalue weighted by Gasteiger charge is -2.38. The number of anilines is 1. The van der Waals surface area contributed by atoms with Crippen molar-refractivity contribution in [3.8, 4) is 34.5 Å². The minimum absolute atomic E-state index is 0.0621. The Kier molecular flexibility index (Phi) is 9.79. The largest absolute Gasteiger partial charge is 0.508 e. The maximum atomic E-state index is 17.4. The third kappa shape index (κ3) is 6.21.